The van der Waals surface area contributed by atoms with Gasteiger partial charge in [-0.25, -0.2) is 9.98 Å². The highest BCUT2D eigenvalue weighted by molar-refractivity contribution is 5.79. The van der Waals surface area contributed by atoms with Gasteiger partial charge in [0, 0.05) is 57.3 Å². The Kier molecular flexibility index (Phi) is 6.93. The van der Waals surface area contributed by atoms with Crippen LogP contribution in [0.25, 0.3) is 0 Å². The van der Waals surface area contributed by atoms with Crippen LogP contribution < -0.4 is 10.6 Å². The number of aryl methyl sites for hydroxylation is 3. The molecule has 0 amide bonds. The highest BCUT2D eigenvalue weighted by Gasteiger charge is 2.57. The highest BCUT2D eigenvalue weighted by atomic mass is 19.4. The summed E-state index contributed by atoms with van der Waals surface area (Å²) in [6.45, 7) is 6.40. The largest absolute Gasteiger partial charge is 0.424 e. The topological polar surface area (TPSA) is 92.3 Å². The number of aliphatic hydroxyl groups is 1. The summed E-state index contributed by atoms with van der Waals surface area (Å²) in [4.78, 5) is 8.13. The number of aromatic nitrogens is 4. The Morgan fingerprint density at radius 2 is 1.93 bits per heavy atom. The molecular formula is C18H28F3N7O. The Bertz CT molecular complexity index is 856. The predicted octanol–water partition coefficient (Wildman–Crippen LogP) is 1.67. The molecule has 2 aromatic heterocycles. The number of nitrogens with one attached hydrogen (secondary N) is 2. The summed E-state index contributed by atoms with van der Waals surface area (Å²) >= 11 is 0. The molecule has 3 N–H and O–H groups in total. The third kappa shape index (κ3) is 4.89. The molecule has 0 saturated carbocycles. The lowest BCUT2D eigenvalue weighted by Gasteiger charge is -2.30. The molecule has 0 radical (unpaired) electrons. The van der Waals surface area contributed by atoms with E-state index >= 15 is 0 Å². The molecule has 0 spiro atoms. The van der Waals surface area contributed by atoms with Crippen LogP contribution in [0.5, 0.6) is 0 Å². The molecular weight excluding hydrogens is 387 g/mol. The molecule has 1 unspecified atom stereocenters. The summed E-state index contributed by atoms with van der Waals surface area (Å²) < 4.78 is 43.7. The van der Waals surface area contributed by atoms with Crippen LogP contribution in [0, 0.1) is 13.8 Å². The fourth-order valence-electron chi connectivity index (χ4n) is 3.05. The minimum absolute atomic E-state index is 0.153. The van der Waals surface area contributed by atoms with Crippen LogP contribution in [0.2, 0.25) is 0 Å². The molecule has 0 aromatic carbocycles. The molecule has 162 valence electrons. The van der Waals surface area contributed by atoms with Crippen LogP contribution in [0.1, 0.15) is 36.1 Å². The molecule has 0 bridgehead atoms. The third-order valence-corrected chi connectivity index (χ3v) is 4.84. The highest BCUT2D eigenvalue weighted by Crippen LogP contribution is 2.40. The van der Waals surface area contributed by atoms with Crippen LogP contribution in [-0.2, 0) is 26.2 Å². The van der Waals surface area contributed by atoms with Crippen LogP contribution >= 0.6 is 0 Å². The zero-order valence-electron chi connectivity index (χ0n) is 17.3. The van der Waals surface area contributed by atoms with Gasteiger partial charge in [0.1, 0.15) is 5.82 Å². The number of imidazole rings is 1. The summed E-state index contributed by atoms with van der Waals surface area (Å²) in [5.41, 5.74) is -0.273. The van der Waals surface area contributed by atoms with Crippen molar-refractivity contribution in [1.82, 2.24) is 30.0 Å². The second kappa shape index (κ2) is 8.85. The van der Waals surface area contributed by atoms with Crippen molar-refractivity contribution < 1.29 is 18.3 Å². The molecule has 2 rings (SSSR count). The van der Waals surface area contributed by atoms with Crippen LogP contribution in [0.15, 0.2) is 17.4 Å². The summed E-state index contributed by atoms with van der Waals surface area (Å²) in [6, 6.07) is 0. The van der Waals surface area contributed by atoms with E-state index in [2.05, 4.69) is 25.7 Å². The maximum atomic E-state index is 13.6. The van der Waals surface area contributed by atoms with Crippen LogP contribution in [0.3, 0.4) is 0 Å². The van der Waals surface area contributed by atoms with Gasteiger partial charge in [-0.3, -0.25) is 4.68 Å². The summed E-state index contributed by atoms with van der Waals surface area (Å²) in [5.74, 6) is -0.0881. The molecule has 11 heteroatoms. The Hall–Kier alpha value is -2.56. The summed E-state index contributed by atoms with van der Waals surface area (Å²) in [5, 5.41) is 20.6. The van der Waals surface area contributed by atoms with E-state index in [4.69, 9.17) is 0 Å². The van der Waals surface area contributed by atoms with Gasteiger partial charge in [0.25, 0.3) is 0 Å². The van der Waals surface area contributed by atoms with Gasteiger partial charge in [0.2, 0.25) is 5.60 Å². The summed E-state index contributed by atoms with van der Waals surface area (Å²) in [7, 11) is 3.26. The number of rotatable bonds is 7. The molecule has 8 nitrogen and oxygen atoms in total. The van der Waals surface area contributed by atoms with Crippen molar-refractivity contribution in [3.8, 4) is 0 Å². The normalized spacial score (nSPS) is 14.7. The Labute approximate surface area is 167 Å². The Balaban J connectivity index is 2.12. The average molecular weight is 415 g/mol. The molecule has 2 aromatic rings. The lowest BCUT2D eigenvalue weighted by molar-refractivity contribution is -0.272. The lowest BCUT2D eigenvalue weighted by Crippen LogP contribution is -2.47. The van der Waals surface area contributed by atoms with Crippen molar-refractivity contribution in [2.24, 2.45) is 19.1 Å². The molecule has 0 fully saturated rings. The number of nitrogens with zero attached hydrogens (tertiary/aromatic N) is 5. The van der Waals surface area contributed by atoms with Crippen LogP contribution in [-0.4, -0.2) is 49.7 Å². The molecule has 0 aliphatic rings. The van der Waals surface area contributed by atoms with Gasteiger partial charge < -0.3 is 20.3 Å². The maximum Gasteiger partial charge on any atom is 0.424 e. The minimum atomic E-state index is -4.87. The Morgan fingerprint density at radius 1 is 1.24 bits per heavy atom. The molecule has 2 heterocycles. The van der Waals surface area contributed by atoms with E-state index in [-0.39, 0.29) is 6.54 Å². The number of guanidine groups is 1. The van der Waals surface area contributed by atoms with E-state index in [0.29, 0.717) is 19.0 Å². The first-order valence-corrected chi connectivity index (χ1v) is 9.29. The second-order valence-electron chi connectivity index (χ2n) is 6.86. The van der Waals surface area contributed by atoms with Crippen LogP contribution in [0.4, 0.5) is 13.2 Å². The summed E-state index contributed by atoms with van der Waals surface area (Å²) in [6.07, 6.45) is -2.89. The van der Waals surface area contributed by atoms with E-state index in [0.717, 1.165) is 17.0 Å². The zero-order chi connectivity index (χ0) is 21.8. The zero-order valence-corrected chi connectivity index (χ0v) is 17.3. The van der Waals surface area contributed by atoms with E-state index in [1.54, 1.807) is 4.68 Å². The number of hydrogen-bond acceptors (Lipinski definition) is 4. The average Bonchev–Trinajstić information content (AvgIpc) is 3.15. The van der Waals surface area contributed by atoms with Gasteiger partial charge in [-0.2, -0.15) is 18.3 Å². The number of halogens is 3. The smallest absolute Gasteiger partial charge is 0.374 e. The Morgan fingerprint density at radius 3 is 2.41 bits per heavy atom. The van der Waals surface area contributed by atoms with Crippen molar-refractivity contribution in [1.29, 1.82) is 0 Å². The maximum absolute atomic E-state index is 13.6. The molecule has 1 atom stereocenters. The first-order chi connectivity index (χ1) is 13.5. The quantitative estimate of drug-likeness (QED) is 0.473. The van der Waals surface area contributed by atoms with E-state index in [1.165, 1.54) is 24.0 Å². The van der Waals surface area contributed by atoms with Gasteiger partial charge in [0.05, 0.1) is 12.2 Å². The fraction of sp³-hybridized carbons (Fsp3) is 0.611. The first-order valence-electron chi connectivity index (χ1n) is 9.29. The van der Waals surface area contributed by atoms with Crippen molar-refractivity contribution >= 4 is 5.96 Å². The lowest BCUT2D eigenvalue weighted by atomic mass is 9.97. The fourth-order valence-corrected chi connectivity index (χ4v) is 3.05. The standard InChI is InChI=1S/C18H28F3N7O/c1-6-22-16(25-11-14-12(2)26-28(5)13(14)3)24-8-7-17(29,18(19,20)21)15-23-9-10-27(15)4/h9-10,29H,6-8,11H2,1-5H3,(H2,22,24,25). The molecule has 0 saturated heterocycles. The number of alkyl halides is 3. The molecule has 0 aliphatic heterocycles. The molecule has 29 heavy (non-hydrogen) atoms. The van der Waals surface area contributed by atoms with E-state index in [1.807, 2.05) is 27.8 Å². The molecule has 0 aliphatic carbocycles. The predicted molar refractivity (Wildman–Crippen MR) is 103 cm³/mol. The van der Waals surface area contributed by atoms with Gasteiger partial charge in [-0.15, -0.1) is 0 Å². The van der Waals surface area contributed by atoms with E-state index in [9.17, 15) is 18.3 Å². The minimum Gasteiger partial charge on any atom is -0.374 e. The van der Waals surface area contributed by atoms with Gasteiger partial charge in [-0.05, 0) is 20.8 Å². The van der Waals surface area contributed by atoms with Gasteiger partial charge >= 0.3 is 6.18 Å². The van der Waals surface area contributed by atoms with Crippen molar-refractivity contribution in [2.75, 3.05) is 13.1 Å². The van der Waals surface area contributed by atoms with Gasteiger partial charge in [0.15, 0.2) is 5.96 Å². The van der Waals surface area contributed by atoms with Crippen molar-refractivity contribution in [3.63, 3.8) is 0 Å². The van der Waals surface area contributed by atoms with E-state index < -0.39 is 24.0 Å². The van der Waals surface area contributed by atoms with Crippen molar-refractivity contribution in [3.05, 3.63) is 35.2 Å². The monoisotopic (exact) mass is 415 g/mol. The number of hydrogen-bond donors (Lipinski definition) is 3. The number of aliphatic imine (C=N–C) groups is 1. The first kappa shape index (κ1) is 22.7. The van der Waals surface area contributed by atoms with Crippen molar-refractivity contribution in [2.45, 2.75) is 45.5 Å². The second-order valence-corrected chi connectivity index (χ2v) is 6.86. The SMILES string of the molecule is CCNC(=NCc1c(C)nn(C)c1C)NCCC(O)(c1nccn1C)C(F)(F)F. The van der Waals surface area contributed by atoms with Gasteiger partial charge in [-0.1, -0.05) is 0 Å². The third-order valence-electron chi connectivity index (χ3n) is 4.84.